The van der Waals surface area contributed by atoms with Crippen LogP contribution in [-0.2, 0) is 16.6 Å². The second kappa shape index (κ2) is 5.98. The summed E-state index contributed by atoms with van der Waals surface area (Å²) >= 11 is 4.81. The summed E-state index contributed by atoms with van der Waals surface area (Å²) in [7, 11) is -2.10. The number of sulfonamides is 1. The number of aromatic nitrogens is 2. The minimum Gasteiger partial charge on any atom is -0.393 e. The van der Waals surface area contributed by atoms with Crippen LogP contribution in [0.5, 0.6) is 0 Å². The first-order valence-corrected chi connectivity index (χ1v) is 7.85. The summed E-state index contributed by atoms with van der Waals surface area (Å²) in [4.78, 5) is 4.40. The lowest BCUT2D eigenvalue weighted by Gasteiger charge is -2.22. The van der Waals surface area contributed by atoms with Crippen LogP contribution >= 0.6 is 12.2 Å². The topological polar surface area (TPSA) is 81.2 Å². The molecule has 1 rings (SSSR count). The summed E-state index contributed by atoms with van der Waals surface area (Å²) in [5.41, 5.74) is 5.45. The Balaban J connectivity index is 3.05. The van der Waals surface area contributed by atoms with Crippen LogP contribution in [0.3, 0.4) is 0 Å². The lowest BCUT2D eigenvalue weighted by Crippen LogP contribution is -2.37. The highest BCUT2D eigenvalue weighted by molar-refractivity contribution is 7.89. The van der Waals surface area contributed by atoms with Gasteiger partial charge in [-0.2, -0.15) is 4.31 Å². The van der Waals surface area contributed by atoms with Crippen molar-refractivity contribution in [3.63, 3.8) is 0 Å². The van der Waals surface area contributed by atoms with Crippen molar-refractivity contribution in [2.45, 2.75) is 44.8 Å². The molecule has 0 aliphatic carbocycles. The average Bonchev–Trinajstić information content (AvgIpc) is 2.69. The minimum atomic E-state index is -3.61. The quantitative estimate of drug-likeness (QED) is 0.790. The maximum absolute atomic E-state index is 12.4. The Hall–Kier alpha value is -0.990. The predicted molar refractivity (Wildman–Crippen MR) is 78.5 cm³/mol. The Morgan fingerprint density at radius 3 is 2.63 bits per heavy atom. The SMILES string of the molecule is CCn1cc(S(=O)(=O)N(C)C(C)CC(N)=S)nc1C. The molecule has 108 valence electrons. The van der Waals surface area contributed by atoms with Crippen LogP contribution < -0.4 is 5.73 Å². The molecule has 1 aromatic rings. The number of hydrogen-bond donors (Lipinski definition) is 1. The van der Waals surface area contributed by atoms with Crippen LogP contribution in [-0.4, -0.2) is 40.4 Å². The van der Waals surface area contributed by atoms with Crippen LogP contribution in [0.2, 0.25) is 0 Å². The monoisotopic (exact) mass is 304 g/mol. The van der Waals surface area contributed by atoms with Gasteiger partial charge in [-0.05, 0) is 20.8 Å². The normalized spacial score (nSPS) is 13.7. The first kappa shape index (κ1) is 16.1. The Labute approximate surface area is 119 Å². The molecule has 0 aliphatic rings. The highest BCUT2D eigenvalue weighted by Crippen LogP contribution is 2.17. The number of thiocarbonyl (C=S) groups is 1. The lowest BCUT2D eigenvalue weighted by molar-refractivity contribution is 0.395. The summed E-state index contributed by atoms with van der Waals surface area (Å²) in [5.74, 6) is 0.677. The molecule has 1 unspecified atom stereocenters. The standard InChI is InChI=1S/C11H20N4O2S2/c1-5-15-7-11(13-9(15)3)19(16,17)14(4)8(2)6-10(12)18/h7-8H,5-6H2,1-4H3,(H2,12,18). The van der Waals surface area contributed by atoms with Gasteiger partial charge in [0, 0.05) is 32.3 Å². The molecule has 1 atom stereocenters. The second-order valence-electron chi connectivity index (χ2n) is 4.45. The van der Waals surface area contributed by atoms with E-state index in [4.69, 9.17) is 18.0 Å². The maximum atomic E-state index is 12.4. The van der Waals surface area contributed by atoms with Crippen molar-refractivity contribution in [2.24, 2.45) is 5.73 Å². The Morgan fingerprint density at radius 1 is 1.63 bits per heavy atom. The Kier molecular flexibility index (Phi) is 5.05. The van der Waals surface area contributed by atoms with Gasteiger partial charge in [0.2, 0.25) is 0 Å². The van der Waals surface area contributed by atoms with Crippen molar-refractivity contribution >= 4 is 27.2 Å². The number of nitrogens with zero attached hydrogens (tertiary/aromatic N) is 3. The van der Waals surface area contributed by atoms with E-state index in [-0.39, 0.29) is 11.1 Å². The third kappa shape index (κ3) is 3.52. The Morgan fingerprint density at radius 2 is 2.21 bits per heavy atom. The molecular weight excluding hydrogens is 284 g/mol. The molecule has 0 fully saturated rings. The summed E-state index contributed by atoms with van der Waals surface area (Å²) in [6.07, 6.45) is 1.90. The van der Waals surface area contributed by atoms with Gasteiger partial charge in [0.25, 0.3) is 10.0 Å². The molecule has 0 saturated carbocycles. The number of aryl methyl sites for hydroxylation is 2. The molecule has 0 bridgehead atoms. The van der Waals surface area contributed by atoms with Crippen molar-refractivity contribution in [2.75, 3.05) is 7.05 Å². The molecule has 0 spiro atoms. The van der Waals surface area contributed by atoms with Gasteiger partial charge in [-0.3, -0.25) is 0 Å². The van der Waals surface area contributed by atoms with Crippen molar-refractivity contribution in [1.82, 2.24) is 13.9 Å². The fourth-order valence-electron chi connectivity index (χ4n) is 1.73. The van der Waals surface area contributed by atoms with E-state index in [1.807, 2.05) is 6.92 Å². The highest BCUT2D eigenvalue weighted by atomic mass is 32.2. The number of hydrogen-bond acceptors (Lipinski definition) is 4. The molecule has 8 heteroatoms. The number of nitrogens with two attached hydrogens (primary N) is 1. The van der Waals surface area contributed by atoms with E-state index in [9.17, 15) is 8.42 Å². The van der Waals surface area contributed by atoms with Gasteiger partial charge in [0.1, 0.15) is 5.82 Å². The molecule has 2 N–H and O–H groups in total. The first-order chi connectivity index (χ1) is 8.70. The first-order valence-electron chi connectivity index (χ1n) is 6.00. The zero-order valence-electron chi connectivity index (χ0n) is 11.6. The number of imidazole rings is 1. The maximum Gasteiger partial charge on any atom is 0.262 e. The molecular formula is C11H20N4O2S2. The van der Waals surface area contributed by atoms with Crippen molar-refractivity contribution in [3.8, 4) is 0 Å². The van der Waals surface area contributed by atoms with Crippen LogP contribution in [0.15, 0.2) is 11.2 Å². The molecule has 0 amide bonds. The van der Waals surface area contributed by atoms with E-state index in [0.29, 0.717) is 23.8 Å². The van der Waals surface area contributed by atoms with E-state index >= 15 is 0 Å². The largest absolute Gasteiger partial charge is 0.393 e. The van der Waals surface area contributed by atoms with Crippen LogP contribution in [0, 0.1) is 6.92 Å². The van der Waals surface area contributed by atoms with E-state index in [0.717, 1.165) is 0 Å². The van der Waals surface area contributed by atoms with Crippen molar-refractivity contribution < 1.29 is 8.42 Å². The van der Waals surface area contributed by atoms with E-state index in [1.165, 1.54) is 11.4 Å². The summed E-state index contributed by atoms with van der Waals surface area (Å²) in [5, 5.41) is 0.0594. The summed E-state index contributed by atoms with van der Waals surface area (Å²) in [6, 6.07) is -0.297. The number of rotatable bonds is 6. The van der Waals surface area contributed by atoms with Gasteiger partial charge < -0.3 is 10.3 Å². The lowest BCUT2D eigenvalue weighted by atomic mass is 10.2. The molecule has 19 heavy (non-hydrogen) atoms. The predicted octanol–water partition coefficient (Wildman–Crippen LogP) is 0.897. The third-order valence-corrected chi connectivity index (χ3v) is 5.07. The van der Waals surface area contributed by atoms with Crippen LogP contribution in [0.1, 0.15) is 26.1 Å². The van der Waals surface area contributed by atoms with Gasteiger partial charge in [-0.1, -0.05) is 12.2 Å². The van der Waals surface area contributed by atoms with Gasteiger partial charge in [0.15, 0.2) is 5.03 Å². The summed E-state index contributed by atoms with van der Waals surface area (Å²) < 4.78 is 27.9. The van der Waals surface area contributed by atoms with Gasteiger partial charge in [-0.15, -0.1) is 0 Å². The highest BCUT2D eigenvalue weighted by Gasteiger charge is 2.28. The third-order valence-electron chi connectivity index (χ3n) is 3.06. The molecule has 1 aromatic heterocycles. The zero-order chi connectivity index (χ0) is 14.8. The molecule has 1 heterocycles. The molecule has 0 aliphatic heterocycles. The summed E-state index contributed by atoms with van der Waals surface area (Å²) in [6.45, 7) is 6.16. The van der Waals surface area contributed by atoms with Crippen molar-refractivity contribution in [3.05, 3.63) is 12.0 Å². The van der Waals surface area contributed by atoms with E-state index in [1.54, 1.807) is 24.6 Å². The zero-order valence-corrected chi connectivity index (χ0v) is 13.3. The molecule has 0 saturated heterocycles. The van der Waals surface area contributed by atoms with Gasteiger partial charge in [-0.25, -0.2) is 13.4 Å². The minimum absolute atomic E-state index is 0.0594. The van der Waals surface area contributed by atoms with Gasteiger partial charge in [0.05, 0.1) is 4.99 Å². The van der Waals surface area contributed by atoms with E-state index < -0.39 is 10.0 Å². The molecule has 6 nitrogen and oxygen atoms in total. The fraction of sp³-hybridized carbons (Fsp3) is 0.636. The smallest absolute Gasteiger partial charge is 0.262 e. The van der Waals surface area contributed by atoms with Crippen LogP contribution in [0.4, 0.5) is 0 Å². The van der Waals surface area contributed by atoms with Gasteiger partial charge >= 0.3 is 0 Å². The molecule has 0 radical (unpaired) electrons. The fourth-order valence-corrected chi connectivity index (χ4v) is 3.32. The van der Waals surface area contributed by atoms with Crippen LogP contribution in [0.25, 0.3) is 0 Å². The average molecular weight is 304 g/mol. The molecule has 0 aromatic carbocycles. The van der Waals surface area contributed by atoms with E-state index in [2.05, 4.69) is 4.98 Å². The Bertz CT molecular complexity index is 565. The van der Waals surface area contributed by atoms with Crippen molar-refractivity contribution in [1.29, 1.82) is 0 Å². The second-order valence-corrected chi connectivity index (χ2v) is 6.92.